The lowest BCUT2D eigenvalue weighted by atomic mass is 10.2. The standard InChI is InChI=1S/C18H15FN6O.C16H13FN6O/c1-2-26-11-15-21-17(23-22-15)16-13-7-5-9-20-18(13)25(24-16)10-12-6-3-4-8-14(12)19;17-12-6-2-1-4-10(12)8-23-16-11(5-3-7-18-16)14(22-23)15-19-13(9-24)20-21-15/h2-9H,1,10-11H2,(H,21,22,23);1-7,24H,8-9H2,(H,19,20,21). The monoisotopic (exact) mass is 674 g/mol. The Kier molecular flexibility index (Phi) is 9.06. The smallest absolute Gasteiger partial charge is 0.202 e. The number of hydrogen-bond donors (Lipinski definition) is 3. The fourth-order valence-electron chi connectivity index (χ4n) is 5.22. The van der Waals surface area contributed by atoms with Crippen molar-refractivity contribution in [2.45, 2.75) is 26.3 Å². The molecule has 0 aliphatic heterocycles. The Morgan fingerprint density at radius 2 is 1.20 bits per heavy atom. The van der Waals surface area contributed by atoms with Gasteiger partial charge in [0.25, 0.3) is 0 Å². The molecule has 0 unspecified atom stereocenters. The van der Waals surface area contributed by atoms with Crippen LogP contribution in [0.4, 0.5) is 8.78 Å². The van der Waals surface area contributed by atoms with Crippen LogP contribution in [0.1, 0.15) is 22.8 Å². The highest BCUT2D eigenvalue weighted by Gasteiger charge is 2.19. The zero-order chi connectivity index (χ0) is 34.5. The predicted octanol–water partition coefficient (Wildman–Crippen LogP) is 4.96. The van der Waals surface area contributed by atoms with Gasteiger partial charge < -0.3 is 9.84 Å². The van der Waals surface area contributed by atoms with Crippen LogP contribution in [-0.2, 0) is 31.0 Å². The lowest BCUT2D eigenvalue weighted by Gasteiger charge is -2.04. The third-order valence-electron chi connectivity index (χ3n) is 7.54. The predicted molar refractivity (Wildman–Crippen MR) is 178 cm³/mol. The number of aliphatic hydroxyl groups is 1. The number of aromatic amines is 2. The lowest BCUT2D eigenvalue weighted by molar-refractivity contribution is 0.229. The summed E-state index contributed by atoms with van der Waals surface area (Å²) in [4.78, 5) is 17.3. The molecule has 0 aliphatic carbocycles. The van der Waals surface area contributed by atoms with Gasteiger partial charge in [0.2, 0.25) is 11.6 Å². The highest BCUT2D eigenvalue weighted by atomic mass is 19.1. The molecule has 0 fully saturated rings. The first-order chi connectivity index (χ1) is 24.5. The minimum Gasteiger partial charge on any atom is -0.494 e. The normalized spacial score (nSPS) is 11.1. The molecular weight excluding hydrogens is 646 g/mol. The number of nitrogens with zero attached hydrogens (tertiary/aromatic N) is 10. The average molecular weight is 675 g/mol. The molecule has 0 spiro atoms. The molecule has 0 saturated heterocycles. The number of rotatable bonds is 10. The molecule has 6 aromatic heterocycles. The van der Waals surface area contributed by atoms with Crippen LogP contribution in [-0.4, -0.2) is 65.0 Å². The molecular formula is C34H28F2N12O2. The zero-order valence-electron chi connectivity index (χ0n) is 26.3. The first-order valence-electron chi connectivity index (χ1n) is 15.3. The maximum Gasteiger partial charge on any atom is 0.202 e. The van der Waals surface area contributed by atoms with Gasteiger partial charge in [-0.2, -0.15) is 20.4 Å². The van der Waals surface area contributed by atoms with Crippen molar-refractivity contribution in [1.29, 1.82) is 0 Å². The number of ether oxygens (including phenoxy) is 1. The first kappa shape index (κ1) is 31.9. The second-order valence-electron chi connectivity index (χ2n) is 10.8. The van der Waals surface area contributed by atoms with E-state index in [2.05, 4.69) is 57.1 Å². The first-order valence-corrected chi connectivity index (χ1v) is 15.3. The number of halogens is 2. The van der Waals surface area contributed by atoms with Gasteiger partial charge in [-0.05, 0) is 36.4 Å². The number of nitrogens with one attached hydrogen (secondary N) is 2. The molecule has 0 radical (unpaired) electrons. The Morgan fingerprint density at radius 1 is 0.700 bits per heavy atom. The summed E-state index contributed by atoms with van der Waals surface area (Å²) < 4.78 is 36.3. The Bertz CT molecular complexity index is 2410. The van der Waals surface area contributed by atoms with Crippen molar-refractivity contribution < 1.29 is 18.6 Å². The molecule has 6 heterocycles. The summed E-state index contributed by atoms with van der Waals surface area (Å²) in [6.07, 6.45) is 4.67. The van der Waals surface area contributed by atoms with Crippen molar-refractivity contribution in [3.8, 4) is 23.0 Å². The quantitative estimate of drug-likeness (QED) is 0.168. The molecule has 14 nitrogen and oxygen atoms in total. The van der Waals surface area contributed by atoms with E-state index >= 15 is 0 Å². The van der Waals surface area contributed by atoms with Gasteiger partial charge in [0.05, 0.1) is 30.1 Å². The minimum atomic E-state index is -0.293. The Hall–Kier alpha value is -6.68. The van der Waals surface area contributed by atoms with E-state index in [0.717, 1.165) is 10.8 Å². The zero-order valence-corrected chi connectivity index (χ0v) is 26.3. The van der Waals surface area contributed by atoms with Gasteiger partial charge in [0.15, 0.2) is 22.9 Å². The van der Waals surface area contributed by atoms with Crippen molar-refractivity contribution in [3.63, 3.8) is 0 Å². The van der Waals surface area contributed by atoms with Crippen LogP contribution in [0.2, 0.25) is 0 Å². The second kappa shape index (κ2) is 14.2. The minimum absolute atomic E-state index is 0.237. The summed E-state index contributed by atoms with van der Waals surface area (Å²) in [6, 6.07) is 20.5. The van der Waals surface area contributed by atoms with Gasteiger partial charge in [-0.3, -0.25) is 10.2 Å². The van der Waals surface area contributed by atoms with Crippen molar-refractivity contribution in [2.24, 2.45) is 0 Å². The van der Waals surface area contributed by atoms with E-state index in [0.29, 0.717) is 57.1 Å². The largest absolute Gasteiger partial charge is 0.494 e. The van der Waals surface area contributed by atoms with Crippen LogP contribution < -0.4 is 0 Å². The highest BCUT2D eigenvalue weighted by molar-refractivity contribution is 5.89. The van der Waals surface area contributed by atoms with E-state index in [9.17, 15) is 8.78 Å². The van der Waals surface area contributed by atoms with Gasteiger partial charge in [0.1, 0.15) is 36.2 Å². The molecule has 0 amide bonds. The SMILES string of the molecule is C=COCc1nc(-c2nn(Cc3ccccc3F)c3ncccc23)n[nH]1.OCc1nc(-c2nn(Cc3ccccc3F)c3ncccc23)n[nH]1. The highest BCUT2D eigenvalue weighted by Crippen LogP contribution is 2.26. The summed E-state index contributed by atoms with van der Waals surface area (Å²) in [5, 5.41) is 33.5. The molecule has 0 aliphatic rings. The summed E-state index contributed by atoms with van der Waals surface area (Å²) in [6.45, 7) is 4.00. The molecule has 3 N–H and O–H groups in total. The van der Waals surface area contributed by atoms with E-state index < -0.39 is 0 Å². The molecule has 2 aromatic carbocycles. The van der Waals surface area contributed by atoms with Crippen LogP contribution in [0, 0.1) is 11.6 Å². The number of pyridine rings is 2. The average Bonchev–Trinajstić information content (AvgIpc) is 3.95. The molecule has 0 saturated carbocycles. The topological polar surface area (TPSA) is 174 Å². The molecule has 250 valence electrons. The molecule has 0 atom stereocenters. The lowest BCUT2D eigenvalue weighted by Crippen LogP contribution is -2.04. The van der Waals surface area contributed by atoms with Crippen LogP contribution >= 0.6 is 0 Å². The molecule has 50 heavy (non-hydrogen) atoms. The van der Waals surface area contributed by atoms with Crippen molar-refractivity contribution in [2.75, 3.05) is 0 Å². The number of hydrogen-bond acceptors (Lipinski definition) is 10. The van der Waals surface area contributed by atoms with E-state index in [1.807, 2.05) is 18.2 Å². The third-order valence-corrected chi connectivity index (χ3v) is 7.54. The Morgan fingerprint density at radius 3 is 1.68 bits per heavy atom. The van der Waals surface area contributed by atoms with E-state index in [1.165, 1.54) is 18.4 Å². The third kappa shape index (κ3) is 6.54. The summed E-state index contributed by atoms with van der Waals surface area (Å²) in [5.41, 5.74) is 3.41. The molecule has 16 heteroatoms. The van der Waals surface area contributed by atoms with E-state index in [1.54, 1.807) is 64.2 Å². The maximum atomic E-state index is 14.0. The van der Waals surface area contributed by atoms with Gasteiger partial charge >= 0.3 is 0 Å². The Labute approximate surface area is 282 Å². The summed E-state index contributed by atoms with van der Waals surface area (Å²) >= 11 is 0. The number of aromatic nitrogens is 12. The van der Waals surface area contributed by atoms with Crippen molar-refractivity contribution in [3.05, 3.63) is 132 Å². The summed E-state index contributed by atoms with van der Waals surface area (Å²) in [7, 11) is 0. The van der Waals surface area contributed by atoms with E-state index in [4.69, 9.17) is 9.84 Å². The van der Waals surface area contributed by atoms with Gasteiger partial charge in [-0.25, -0.2) is 38.1 Å². The maximum absolute atomic E-state index is 14.0. The molecule has 8 rings (SSSR count). The fraction of sp³-hybridized carbons (Fsp3) is 0.118. The van der Waals surface area contributed by atoms with Crippen LogP contribution in [0.3, 0.4) is 0 Å². The van der Waals surface area contributed by atoms with Gasteiger partial charge in [-0.1, -0.05) is 43.0 Å². The van der Waals surface area contributed by atoms with Gasteiger partial charge in [0, 0.05) is 23.5 Å². The molecule has 8 aromatic rings. The Balaban J connectivity index is 0.000000157. The number of benzene rings is 2. The van der Waals surface area contributed by atoms with Crippen LogP contribution in [0.5, 0.6) is 0 Å². The van der Waals surface area contributed by atoms with E-state index in [-0.39, 0.29) is 37.9 Å². The fourth-order valence-corrected chi connectivity index (χ4v) is 5.22. The molecule has 0 bridgehead atoms. The second-order valence-corrected chi connectivity index (χ2v) is 10.8. The number of aliphatic hydroxyl groups excluding tert-OH is 1. The number of H-pyrrole nitrogens is 2. The van der Waals surface area contributed by atoms with Crippen LogP contribution in [0.25, 0.3) is 45.1 Å². The van der Waals surface area contributed by atoms with Crippen LogP contribution in [0.15, 0.2) is 98.0 Å². The van der Waals surface area contributed by atoms with Gasteiger partial charge in [-0.15, -0.1) is 0 Å². The number of fused-ring (bicyclic) bond motifs is 2. The summed E-state index contributed by atoms with van der Waals surface area (Å²) in [5.74, 6) is 1.13. The van der Waals surface area contributed by atoms with Crippen molar-refractivity contribution in [1.82, 2.24) is 59.9 Å². The van der Waals surface area contributed by atoms with Crippen molar-refractivity contribution >= 4 is 22.1 Å².